The van der Waals surface area contributed by atoms with Crippen LogP contribution in [0.4, 0.5) is 10.2 Å². The first-order valence-corrected chi connectivity index (χ1v) is 11.7. The molecule has 2 aromatic carbocycles. The number of aromatic nitrogens is 2. The third kappa shape index (κ3) is 4.46. The fraction of sp³-hybridized carbons (Fsp3) is 0.333. The summed E-state index contributed by atoms with van der Waals surface area (Å²) in [4.78, 5) is 11.5. The van der Waals surface area contributed by atoms with Gasteiger partial charge in [-0.2, -0.15) is 9.25 Å². The van der Waals surface area contributed by atoms with E-state index in [2.05, 4.69) is 26.1 Å². The van der Waals surface area contributed by atoms with Crippen molar-refractivity contribution >= 4 is 24.5 Å². The summed E-state index contributed by atoms with van der Waals surface area (Å²) in [6.45, 7) is 5.84. The topological polar surface area (TPSA) is 126 Å². The molecule has 3 aromatic rings. The SMILES string of the molecule is Cc1ccc2c(N3CCC(C)CC3)nc(-c3c(F)cccc3OP(=O)(ON)ON)nc2c1. The number of anilines is 1. The van der Waals surface area contributed by atoms with Gasteiger partial charge in [0.2, 0.25) is 0 Å². The zero-order chi connectivity index (χ0) is 22.9. The molecule has 0 radical (unpaired) electrons. The number of benzene rings is 2. The van der Waals surface area contributed by atoms with E-state index in [0.29, 0.717) is 17.3 Å². The average Bonchev–Trinajstić information content (AvgIpc) is 2.78. The Morgan fingerprint density at radius 2 is 1.84 bits per heavy atom. The molecule has 170 valence electrons. The molecule has 1 aromatic heterocycles. The lowest BCUT2D eigenvalue weighted by Gasteiger charge is -2.32. The van der Waals surface area contributed by atoms with Gasteiger partial charge in [-0.25, -0.2) is 30.7 Å². The normalized spacial score (nSPS) is 15.3. The van der Waals surface area contributed by atoms with Gasteiger partial charge < -0.3 is 9.42 Å². The monoisotopic (exact) mass is 461 g/mol. The maximum atomic E-state index is 15.0. The van der Waals surface area contributed by atoms with E-state index in [-0.39, 0.29) is 17.1 Å². The van der Waals surface area contributed by atoms with E-state index in [9.17, 15) is 4.57 Å². The van der Waals surface area contributed by atoms with Crippen molar-refractivity contribution in [1.29, 1.82) is 0 Å². The van der Waals surface area contributed by atoms with Crippen LogP contribution in [0, 0.1) is 18.7 Å². The third-order valence-electron chi connectivity index (χ3n) is 5.58. The molecule has 11 heteroatoms. The second-order valence-corrected chi connectivity index (χ2v) is 9.42. The molecule has 1 aliphatic heterocycles. The lowest BCUT2D eigenvalue weighted by atomic mass is 9.99. The van der Waals surface area contributed by atoms with Crippen LogP contribution in [0.5, 0.6) is 5.75 Å². The predicted octanol–water partition coefficient (Wildman–Crippen LogP) is 4.25. The molecule has 4 N–H and O–H groups in total. The number of phosphoric acid groups is 1. The van der Waals surface area contributed by atoms with Gasteiger partial charge in [0.1, 0.15) is 17.4 Å². The van der Waals surface area contributed by atoms with E-state index < -0.39 is 13.6 Å². The van der Waals surface area contributed by atoms with Gasteiger partial charge in [0, 0.05) is 18.5 Å². The minimum atomic E-state index is -4.35. The van der Waals surface area contributed by atoms with Crippen molar-refractivity contribution in [1.82, 2.24) is 9.97 Å². The minimum absolute atomic E-state index is 0.0745. The molecule has 0 atom stereocenters. The summed E-state index contributed by atoms with van der Waals surface area (Å²) < 4.78 is 41.1. The number of rotatable bonds is 6. The summed E-state index contributed by atoms with van der Waals surface area (Å²) >= 11 is 0. The highest BCUT2D eigenvalue weighted by Crippen LogP contribution is 2.48. The van der Waals surface area contributed by atoms with Crippen LogP contribution in [0.3, 0.4) is 0 Å². The zero-order valence-corrected chi connectivity index (χ0v) is 18.7. The maximum Gasteiger partial charge on any atom is 0.563 e. The Morgan fingerprint density at radius 3 is 2.53 bits per heavy atom. The number of piperidine rings is 1. The van der Waals surface area contributed by atoms with Crippen LogP contribution in [0.25, 0.3) is 22.3 Å². The average molecular weight is 461 g/mol. The number of nitrogens with two attached hydrogens (primary N) is 2. The van der Waals surface area contributed by atoms with E-state index in [1.807, 2.05) is 25.1 Å². The molecule has 0 aliphatic carbocycles. The van der Waals surface area contributed by atoms with Gasteiger partial charge in [0.15, 0.2) is 5.82 Å². The number of hydrogen-bond donors (Lipinski definition) is 2. The van der Waals surface area contributed by atoms with Crippen molar-refractivity contribution in [3.63, 3.8) is 0 Å². The van der Waals surface area contributed by atoms with Crippen LogP contribution < -0.4 is 21.2 Å². The molecule has 0 saturated carbocycles. The van der Waals surface area contributed by atoms with Crippen molar-refractivity contribution in [2.45, 2.75) is 26.7 Å². The molecule has 9 nitrogen and oxygen atoms in total. The zero-order valence-electron chi connectivity index (χ0n) is 17.8. The molecule has 4 rings (SSSR count). The second-order valence-electron chi connectivity index (χ2n) is 7.92. The van der Waals surface area contributed by atoms with Crippen molar-refractivity contribution in [2.24, 2.45) is 17.7 Å². The van der Waals surface area contributed by atoms with Gasteiger partial charge in [-0.05, 0) is 55.5 Å². The lowest BCUT2D eigenvalue weighted by Crippen LogP contribution is -2.33. The predicted molar refractivity (Wildman–Crippen MR) is 119 cm³/mol. The molecular weight excluding hydrogens is 436 g/mol. The fourth-order valence-corrected chi connectivity index (χ4v) is 4.31. The Bertz CT molecular complexity index is 1180. The second kappa shape index (κ2) is 9.09. The van der Waals surface area contributed by atoms with Crippen LogP contribution in [-0.2, 0) is 13.8 Å². The molecule has 0 unspecified atom stereocenters. The van der Waals surface area contributed by atoms with Crippen molar-refractivity contribution in [2.75, 3.05) is 18.0 Å². The highest BCUT2D eigenvalue weighted by Gasteiger charge is 2.30. The largest absolute Gasteiger partial charge is 0.563 e. The van der Waals surface area contributed by atoms with E-state index in [0.717, 1.165) is 36.9 Å². The summed E-state index contributed by atoms with van der Waals surface area (Å²) in [6.07, 6.45) is 2.07. The Kier molecular flexibility index (Phi) is 6.41. The van der Waals surface area contributed by atoms with Crippen molar-refractivity contribution < 1.29 is 22.7 Å². The van der Waals surface area contributed by atoms with E-state index in [1.54, 1.807) is 0 Å². The van der Waals surface area contributed by atoms with Crippen molar-refractivity contribution in [3.05, 3.63) is 47.8 Å². The number of aryl methyl sites for hydroxylation is 1. The number of nitrogens with zero attached hydrogens (tertiary/aromatic N) is 3. The standard InChI is InChI=1S/C21H25FN5O4P/c1-13-8-10-27(11-9-13)21-15-7-6-14(2)12-17(15)25-20(26-21)19-16(22)4-3-5-18(19)29-32(28,30-23)31-24/h3-7,12-13H,8-11,23-24H2,1-2H3. The summed E-state index contributed by atoms with van der Waals surface area (Å²) in [5, 5.41) is 0.869. The number of halogens is 1. The first-order valence-electron chi connectivity index (χ1n) is 10.2. The first-order chi connectivity index (χ1) is 15.3. The quantitative estimate of drug-likeness (QED) is 0.409. The third-order valence-corrected chi connectivity index (χ3v) is 6.52. The Balaban J connectivity index is 1.89. The summed E-state index contributed by atoms with van der Waals surface area (Å²) in [5.74, 6) is 10.6. The van der Waals surface area contributed by atoms with Crippen LogP contribution in [0.1, 0.15) is 25.3 Å². The summed E-state index contributed by atoms with van der Waals surface area (Å²) in [5.41, 5.74) is 1.56. The Hall–Kier alpha value is -2.62. The van der Waals surface area contributed by atoms with E-state index in [1.165, 1.54) is 18.2 Å². The van der Waals surface area contributed by atoms with Gasteiger partial charge in [-0.1, -0.05) is 19.1 Å². The molecule has 32 heavy (non-hydrogen) atoms. The van der Waals surface area contributed by atoms with Gasteiger partial charge in [-0.15, -0.1) is 0 Å². The van der Waals surface area contributed by atoms with Crippen LogP contribution in [0.15, 0.2) is 36.4 Å². The molecule has 1 aliphatic rings. The Labute approximate surface area is 185 Å². The minimum Gasteiger partial charge on any atom is -0.401 e. The molecule has 1 saturated heterocycles. The highest BCUT2D eigenvalue weighted by atomic mass is 31.2. The highest BCUT2D eigenvalue weighted by molar-refractivity contribution is 7.48. The maximum absolute atomic E-state index is 15.0. The fourth-order valence-electron chi connectivity index (χ4n) is 3.78. The van der Waals surface area contributed by atoms with Crippen LogP contribution in [0.2, 0.25) is 0 Å². The Morgan fingerprint density at radius 1 is 1.12 bits per heavy atom. The number of fused-ring (bicyclic) bond motifs is 1. The molecule has 0 spiro atoms. The van der Waals surface area contributed by atoms with E-state index >= 15 is 4.39 Å². The first kappa shape index (κ1) is 22.6. The molecule has 0 bridgehead atoms. The number of hydrogen-bond acceptors (Lipinski definition) is 9. The molecular formula is C21H25FN5O4P. The van der Waals surface area contributed by atoms with Gasteiger partial charge in [0.25, 0.3) is 0 Å². The molecule has 2 heterocycles. The van der Waals surface area contributed by atoms with E-state index in [4.69, 9.17) is 21.3 Å². The molecule has 1 fully saturated rings. The van der Waals surface area contributed by atoms with Crippen LogP contribution >= 0.6 is 7.82 Å². The summed E-state index contributed by atoms with van der Waals surface area (Å²) in [6, 6.07) is 9.87. The smallest absolute Gasteiger partial charge is 0.401 e. The van der Waals surface area contributed by atoms with Crippen molar-refractivity contribution in [3.8, 4) is 17.1 Å². The lowest BCUT2D eigenvalue weighted by molar-refractivity contribution is 0.159. The summed E-state index contributed by atoms with van der Waals surface area (Å²) in [7, 11) is -4.35. The van der Waals surface area contributed by atoms with Gasteiger partial charge in [-0.3, -0.25) is 0 Å². The van der Waals surface area contributed by atoms with Gasteiger partial charge >= 0.3 is 7.82 Å². The van der Waals surface area contributed by atoms with Gasteiger partial charge in [0.05, 0.1) is 11.1 Å². The van der Waals surface area contributed by atoms with Crippen LogP contribution in [-0.4, -0.2) is 23.1 Å². The molecule has 0 amide bonds.